The van der Waals surface area contributed by atoms with Crippen molar-refractivity contribution in [3.05, 3.63) is 11.8 Å². The number of hydrogen-bond donors (Lipinski definition) is 2. The number of carbonyl (C=O) groups excluding carboxylic acids is 2. The maximum absolute atomic E-state index is 12.1. The smallest absolute Gasteiger partial charge is 0.435 e. The summed E-state index contributed by atoms with van der Waals surface area (Å²) in [7, 11) is 0. The van der Waals surface area contributed by atoms with Crippen LogP contribution in [0.25, 0.3) is 0 Å². The van der Waals surface area contributed by atoms with Gasteiger partial charge in [0.05, 0.1) is 6.04 Å². The third-order valence-corrected chi connectivity index (χ3v) is 5.64. The molecule has 3 aliphatic rings. The van der Waals surface area contributed by atoms with Gasteiger partial charge in [0.15, 0.2) is 0 Å². The van der Waals surface area contributed by atoms with Crippen molar-refractivity contribution in [2.75, 3.05) is 6.54 Å². The molecular formula is C19H28N6O5. The molecule has 164 valence electrons. The normalized spacial score (nSPS) is 29.1. The molecule has 11 heteroatoms. The Morgan fingerprint density at radius 3 is 2.67 bits per heavy atom. The third kappa shape index (κ3) is 4.11. The number of hydroxylamine groups is 2. The number of amides is 3. The van der Waals surface area contributed by atoms with Crippen molar-refractivity contribution in [3.8, 4) is 0 Å². The zero-order valence-electron chi connectivity index (χ0n) is 17.7. The predicted molar refractivity (Wildman–Crippen MR) is 104 cm³/mol. The van der Waals surface area contributed by atoms with E-state index in [1.54, 1.807) is 32.6 Å². The Balaban J connectivity index is 1.29. The van der Waals surface area contributed by atoms with E-state index >= 15 is 0 Å². The van der Waals surface area contributed by atoms with E-state index in [0.29, 0.717) is 37.0 Å². The van der Waals surface area contributed by atoms with E-state index in [1.165, 1.54) is 0 Å². The van der Waals surface area contributed by atoms with Gasteiger partial charge in [-0.2, -0.15) is 4.99 Å². The number of carbonyl (C=O) groups is 2. The van der Waals surface area contributed by atoms with Crippen LogP contribution in [0.5, 0.6) is 0 Å². The summed E-state index contributed by atoms with van der Waals surface area (Å²) in [5.41, 5.74) is -0.577. The van der Waals surface area contributed by atoms with E-state index in [4.69, 9.17) is 9.15 Å². The minimum Gasteiger partial charge on any atom is -0.442 e. The van der Waals surface area contributed by atoms with Gasteiger partial charge in [-0.3, -0.25) is 5.21 Å². The predicted octanol–water partition coefficient (Wildman–Crippen LogP) is 2.59. The molecule has 0 spiro atoms. The number of nitrogens with zero attached hydrogens (tertiary/aromatic N) is 5. The van der Waals surface area contributed by atoms with Crippen LogP contribution in [-0.2, 0) is 4.74 Å². The minimum absolute atomic E-state index is 0.123. The van der Waals surface area contributed by atoms with Crippen molar-refractivity contribution in [1.82, 2.24) is 25.5 Å². The first kappa shape index (κ1) is 20.6. The monoisotopic (exact) mass is 420 g/mol. The summed E-state index contributed by atoms with van der Waals surface area (Å²) < 4.78 is 11.1. The Morgan fingerprint density at radius 1 is 1.27 bits per heavy atom. The molecule has 2 aliphatic heterocycles. The standard InChI is InChI=1S/C19H28N6O5/c1-10(21-17(26)30-19(2,3)4)20-12-7-11(8-12)15-22-23-16(29-15)14-6-5-13-9-24(14)18(27)25(13)28/h11-14,28H,5-9H2,1-4H3,(H,20,21,26)/t11-,12+,13-,14+/m1/s1. The maximum atomic E-state index is 12.1. The Hall–Kier alpha value is -2.69. The molecule has 0 aromatic carbocycles. The fourth-order valence-electron chi connectivity index (χ4n) is 4.14. The number of fused-ring (bicyclic) bond motifs is 2. The molecule has 1 saturated carbocycles. The van der Waals surface area contributed by atoms with Gasteiger partial charge in [0, 0.05) is 18.5 Å². The number of urea groups is 1. The lowest BCUT2D eigenvalue weighted by molar-refractivity contribution is -0.0584. The summed E-state index contributed by atoms with van der Waals surface area (Å²) in [6, 6.07) is -0.686. The molecule has 1 aromatic rings. The molecule has 0 unspecified atom stereocenters. The van der Waals surface area contributed by atoms with Gasteiger partial charge in [-0.15, -0.1) is 10.2 Å². The van der Waals surface area contributed by atoms with Crippen LogP contribution in [0.2, 0.25) is 0 Å². The number of aliphatic imine (C=N–C) groups is 1. The second kappa shape index (κ2) is 7.53. The largest absolute Gasteiger partial charge is 0.442 e. The average molecular weight is 420 g/mol. The Bertz CT molecular complexity index is 856. The third-order valence-electron chi connectivity index (χ3n) is 5.64. The highest BCUT2D eigenvalue weighted by molar-refractivity contribution is 5.90. The van der Waals surface area contributed by atoms with Crippen LogP contribution in [0.15, 0.2) is 9.41 Å². The van der Waals surface area contributed by atoms with Crippen LogP contribution in [-0.4, -0.2) is 67.6 Å². The lowest BCUT2D eigenvalue weighted by Crippen LogP contribution is -2.43. The number of hydrogen-bond acceptors (Lipinski definition) is 7. The van der Waals surface area contributed by atoms with Gasteiger partial charge in [0.25, 0.3) is 0 Å². The van der Waals surface area contributed by atoms with Gasteiger partial charge >= 0.3 is 12.1 Å². The molecule has 1 aromatic heterocycles. The highest BCUT2D eigenvalue weighted by Crippen LogP contribution is 2.40. The van der Waals surface area contributed by atoms with Crippen molar-refractivity contribution in [3.63, 3.8) is 0 Å². The average Bonchev–Trinajstić information content (AvgIpc) is 3.17. The Labute approximate surface area is 174 Å². The summed E-state index contributed by atoms with van der Waals surface area (Å²) in [6.45, 7) is 7.59. The van der Waals surface area contributed by atoms with E-state index in [1.807, 2.05) is 0 Å². The van der Waals surface area contributed by atoms with Crippen LogP contribution >= 0.6 is 0 Å². The molecule has 3 heterocycles. The lowest BCUT2D eigenvalue weighted by Gasteiger charge is -2.34. The number of aromatic nitrogens is 2. The fraction of sp³-hybridized carbons (Fsp3) is 0.737. The summed E-state index contributed by atoms with van der Waals surface area (Å²) in [5, 5.41) is 22.2. The Kier molecular flexibility index (Phi) is 5.16. The zero-order chi connectivity index (χ0) is 21.6. The maximum Gasteiger partial charge on any atom is 0.435 e. The van der Waals surface area contributed by atoms with Crippen LogP contribution in [0, 0.1) is 0 Å². The summed E-state index contributed by atoms with van der Waals surface area (Å²) in [6.07, 6.45) is 2.33. The molecule has 2 atom stereocenters. The fourth-order valence-corrected chi connectivity index (χ4v) is 4.14. The molecular weight excluding hydrogens is 392 g/mol. The van der Waals surface area contributed by atoms with Crippen LogP contribution in [0.1, 0.15) is 77.1 Å². The highest BCUT2D eigenvalue weighted by Gasteiger charge is 2.47. The van der Waals surface area contributed by atoms with Crippen molar-refractivity contribution < 1.29 is 24.0 Å². The number of piperidine rings is 1. The molecule has 30 heavy (non-hydrogen) atoms. The molecule has 11 nitrogen and oxygen atoms in total. The van der Waals surface area contributed by atoms with Gasteiger partial charge in [-0.05, 0) is 53.4 Å². The van der Waals surface area contributed by atoms with E-state index in [0.717, 1.165) is 17.9 Å². The van der Waals surface area contributed by atoms with Crippen LogP contribution < -0.4 is 5.32 Å². The molecule has 0 radical (unpaired) electrons. The van der Waals surface area contributed by atoms with Crippen LogP contribution in [0.3, 0.4) is 0 Å². The van der Waals surface area contributed by atoms with Crippen molar-refractivity contribution in [2.24, 2.45) is 4.99 Å². The van der Waals surface area contributed by atoms with E-state index in [2.05, 4.69) is 20.5 Å². The number of ether oxygens (including phenoxy) is 1. The molecule has 2 bridgehead atoms. The molecule has 2 saturated heterocycles. The zero-order valence-corrected chi connectivity index (χ0v) is 17.7. The van der Waals surface area contributed by atoms with Gasteiger partial charge < -0.3 is 19.4 Å². The highest BCUT2D eigenvalue weighted by atomic mass is 16.6. The van der Waals surface area contributed by atoms with Crippen LogP contribution in [0.4, 0.5) is 9.59 Å². The number of rotatable bonds is 3. The molecule has 4 rings (SSSR count). The lowest BCUT2D eigenvalue weighted by atomic mass is 9.80. The molecule has 3 amide bonds. The molecule has 3 fully saturated rings. The molecule has 1 aliphatic carbocycles. The Morgan fingerprint density at radius 2 is 1.97 bits per heavy atom. The minimum atomic E-state index is -0.613. The summed E-state index contributed by atoms with van der Waals surface area (Å²) in [4.78, 5) is 29.4. The number of nitrogens with one attached hydrogen (secondary N) is 1. The van der Waals surface area contributed by atoms with Gasteiger partial charge in [-0.1, -0.05) is 0 Å². The topological polar surface area (TPSA) is 133 Å². The second-order valence-electron chi connectivity index (χ2n) is 9.19. The van der Waals surface area contributed by atoms with E-state index < -0.39 is 17.7 Å². The van der Waals surface area contributed by atoms with E-state index in [-0.39, 0.29) is 24.0 Å². The van der Waals surface area contributed by atoms with Gasteiger partial charge in [-0.25, -0.2) is 14.7 Å². The second-order valence-corrected chi connectivity index (χ2v) is 9.19. The quantitative estimate of drug-likeness (QED) is 0.433. The van der Waals surface area contributed by atoms with Crippen molar-refractivity contribution in [1.29, 1.82) is 0 Å². The van der Waals surface area contributed by atoms with Gasteiger partial charge in [0.2, 0.25) is 11.8 Å². The van der Waals surface area contributed by atoms with Crippen molar-refractivity contribution in [2.45, 2.75) is 83.0 Å². The summed E-state index contributed by atoms with van der Waals surface area (Å²) >= 11 is 0. The van der Waals surface area contributed by atoms with Gasteiger partial charge in [0.1, 0.15) is 17.5 Å². The number of amidine groups is 1. The first-order valence-corrected chi connectivity index (χ1v) is 10.3. The SMILES string of the molecule is C/C(=N\C(=O)OC(C)(C)C)N[C@H]1C[C@@H](c2nnc([C@@H]3CC[C@@H]4CN3C(=O)N4O)o2)C1. The first-order chi connectivity index (χ1) is 14.1. The van der Waals surface area contributed by atoms with Crippen molar-refractivity contribution >= 4 is 18.0 Å². The summed E-state index contributed by atoms with van der Waals surface area (Å²) in [5.74, 6) is 1.61. The first-order valence-electron chi connectivity index (χ1n) is 10.3. The molecule has 2 N–H and O–H groups in total. The van der Waals surface area contributed by atoms with E-state index in [9.17, 15) is 14.8 Å².